The molecule has 0 bridgehead atoms. The average molecular weight is 269 g/mol. The lowest BCUT2D eigenvalue weighted by Gasteiger charge is -2.32. The van der Waals surface area contributed by atoms with Crippen molar-refractivity contribution < 1.29 is 0 Å². The Morgan fingerprint density at radius 3 is 2.80 bits per heavy atom. The fourth-order valence-electron chi connectivity index (χ4n) is 3.17. The van der Waals surface area contributed by atoms with Crippen molar-refractivity contribution in [3.63, 3.8) is 0 Å². The molecule has 3 nitrogen and oxygen atoms in total. The first-order valence-electron chi connectivity index (χ1n) is 7.56. The Morgan fingerprint density at radius 2 is 2.00 bits per heavy atom. The highest BCUT2D eigenvalue weighted by atomic mass is 15.1. The molecule has 1 aromatic carbocycles. The minimum absolute atomic E-state index is 0.849. The second-order valence-corrected chi connectivity index (χ2v) is 5.77. The summed E-state index contributed by atoms with van der Waals surface area (Å²) in [6.07, 6.45) is 4.50. The first-order valence-corrected chi connectivity index (χ1v) is 7.56. The number of nitrogens with zero attached hydrogens (tertiary/aromatic N) is 2. The van der Waals surface area contributed by atoms with Crippen LogP contribution in [0.2, 0.25) is 0 Å². The van der Waals surface area contributed by atoms with Crippen LogP contribution in [0, 0.1) is 5.92 Å². The summed E-state index contributed by atoms with van der Waals surface area (Å²) in [4.78, 5) is 7.12. The molecule has 20 heavy (non-hydrogen) atoms. The summed E-state index contributed by atoms with van der Waals surface area (Å²) in [7, 11) is 2.05. The Bertz CT molecular complexity index is 554. The Morgan fingerprint density at radius 1 is 1.20 bits per heavy atom. The van der Waals surface area contributed by atoms with Gasteiger partial charge in [-0.2, -0.15) is 0 Å². The van der Waals surface area contributed by atoms with Gasteiger partial charge in [0.25, 0.3) is 0 Å². The third-order valence-electron chi connectivity index (χ3n) is 4.31. The lowest BCUT2D eigenvalue weighted by atomic mass is 9.96. The number of pyridine rings is 1. The Hall–Kier alpha value is -1.45. The van der Waals surface area contributed by atoms with Crippen LogP contribution in [0.5, 0.6) is 0 Å². The van der Waals surface area contributed by atoms with Gasteiger partial charge >= 0.3 is 0 Å². The van der Waals surface area contributed by atoms with E-state index in [9.17, 15) is 0 Å². The van der Waals surface area contributed by atoms with Gasteiger partial charge in [0.15, 0.2) is 0 Å². The SMILES string of the molecule is CNCC1CCN(Cc2cccc3cccnc23)CC1. The molecule has 0 atom stereocenters. The standard InChI is InChI=1S/C17H23N3/c1-18-12-14-7-10-20(11-8-14)13-16-5-2-4-15-6-3-9-19-17(15)16/h2-6,9,14,18H,7-8,10-13H2,1H3. The monoisotopic (exact) mass is 269 g/mol. The molecule has 0 aliphatic carbocycles. The Balaban J connectivity index is 1.68. The van der Waals surface area contributed by atoms with Gasteiger partial charge in [-0.25, -0.2) is 0 Å². The minimum atomic E-state index is 0.849. The number of fused-ring (bicyclic) bond motifs is 1. The number of para-hydroxylation sites is 1. The van der Waals surface area contributed by atoms with Crippen LogP contribution in [-0.2, 0) is 6.54 Å². The zero-order valence-corrected chi connectivity index (χ0v) is 12.2. The van der Waals surface area contributed by atoms with Crippen LogP contribution in [0.25, 0.3) is 10.9 Å². The molecule has 106 valence electrons. The number of rotatable bonds is 4. The molecule has 0 amide bonds. The highest BCUT2D eigenvalue weighted by molar-refractivity contribution is 5.81. The van der Waals surface area contributed by atoms with E-state index in [2.05, 4.69) is 39.5 Å². The van der Waals surface area contributed by atoms with Crippen molar-refractivity contribution in [1.29, 1.82) is 0 Å². The summed E-state index contributed by atoms with van der Waals surface area (Å²) in [6, 6.07) is 10.7. The quantitative estimate of drug-likeness (QED) is 0.925. The predicted octanol–water partition coefficient (Wildman–Crippen LogP) is 2.67. The topological polar surface area (TPSA) is 28.2 Å². The van der Waals surface area contributed by atoms with E-state index in [4.69, 9.17) is 0 Å². The zero-order chi connectivity index (χ0) is 13.8. The van der Waals surface area contributed by atoms with Gasteiger partial charge in [-0.15, -0.1) is 0 Å². The van der Waals surface area contributed by atoms with E-state index < -0.39 is 0 Å². The zero-order valence-electron chi connectivity index (χ0n) is 12.2. The van der Waals surface area contributed by atoms with E-state index >= 15 is 0 Å². The summed E-state index contributed by atoms with van der Waals surface area (Å²) < 4.78 is 0. The molecule has 1 fully saturated rings. The smallest absolute Gasteiger partial charge is 0.0746 e. The number of piperidine rings is 1. The fraction of sp³-hybridized carbons (Fsp3) is 0.471. The van der Waals surface area contributed by atoms with Gasteiger partial charge in [0.2, 0.25) is 0 Å². The molecule has 1 aromatic heterocycles. The molecular formula is C17H23N3. The molecule has 0 spiro atoms. The molecule has 0 saturated carbocycles. The maximum atomic E-state index is 4.55. The van der Waals surface area contributed by atoms with Crippen LogP contribution in [0.15, 0.2) is 36.5 Å². The first-order chi connectivity index (χ1) is 9.86. The lowest BCUT2D eigenvalue weighted by molar-refractivity contribution is 0.177. The second kappa shape index (κ2) is 6.33. The summed E-state index contributed by atoms with van der Waals surface area (Å²) in [6.45, 7) is 4.59. The van der Waals surface area contributed by atoms with Crippen molar-refractivity contribution in [1.82, 2.24) is 15.2 Å². The van der Waals surface area contributed by atoms with E-state index in [1.165, 1.54) is 36.9 Å². The van der Waals surface area contributed by atoms with Crippen molar-refractivity contribution in [3.8, 4) is 0 Å². The number of likely N-dealkylation sites (tertiary alicyclic amines) is 1. The van der Waals surface area contributed by atoms with Gasteiger partial charge in [-0.05, 0) is 57.1 Å². The summed E-state index contributed by atoms with van der Waals surface area (Å²) in [5.74, 6) is 0.849. The van der Waals surface area contributed by atoms with Crippen LogP contribution in [0.1, 0.15) is 18.4 Å². The highest BCUT2D eigenvalue weighted by Crippen LogP contribution is 2.21. The van der Waals surface area contributed by atoms with Crippen LogP contribution in [-0.4, -0.2) is 36.6 Å². The van der Waals surface area contributed by atoms with Gasteiger partial charge in [-0.1, -0.05) is 24.3 Å². The number of hydrogen-bond acceptors (Lipinski definition) is 3. The van der Waals surface area contributed by atoms with Crippen molar-refractivity contribution in [2.75, 3.05) is 26.7 Å². The van der Waals surface area contributed by atoms with Crippen LogP contribution >= 0.6 is 0 Å². The predicted molar refractivity (Wildman–Crippen MR) is 83.7 cm³/mol. The van der Waals surface area contributed by atoms with E-state index in [0.29, 0.717) is 0 Å². The van der Waals surface area contributed by atoms with Crippen molar-refractivity contribution in [3.05, 3.63) is 42.1 Å². The normalized spacial score (nSPS) is 17.6. The molecule has 1 aliphatic heterocycles. The highest BCUT2D eigenvalue weighted by Gasteiger charge is 2.19. The molecule has 0 unspecified atom stereocenters. The van der Waals surface area contributed by atoms with E-state index in [1.54, 1.807) is 0 Å². The van der Waals surface area contributed by atoms with Crippen molar-refractivity contribution in [2.45, 2.75) is 19.4 Å². The summed E-state index contributed by atoms with van der Waals surface area (Å²) in [5.41, 5.74) is 2.52. The minimum Gasteiger partial charge on any atom is -0.319 e. The van der Waals surface area contributed by atoms with Gasteiger partial charge in [-0.3, -0.25) is 9.88 Å². The van der Waals surface area contributed by atoms with E-state index in [-0.39, 0.29) is 0 Å². The maximum absolute atomic E-state index is 4.55. The third-order valence-corrected chi connectivity index (χ3v) is 4.31. The first kappa shape index (κ1) is 13.5. The molecular weight excluding hydrogens is 246 g/mol. The average Bonchev–Trinajstić information content (AvgIpc) is 2.50. The Kier molecular flexibility index (Phi) is 4.28. The van der Waals surface area contributed by atoms with Gasteiger partial charge in [0, 0.05) is 18.1 Å². The molecule has 3 rings (SSSR count). The third kappa shape index (κ3) is 3.00. The van der Waals surface area contributed by atoms with Gasteiger partial charge < -0.3 is 5.32 Å². The van der Waals surface area contributed by atoms with Crippen LogP contribution in [0.3, 0.4) is 0 Å². The van der Waals surface area contributed by atoms with E-state index in [1.807, 2.05) is 19.3 Å². The molecule has 1 aliphatic rings. The largest absolute Gasteiger partial charge is 0.319 e. The molecule has 0 radical (unpaired) electrons. The number of nitrogens with one attached hydrogen (secondary N) is 1. The second-order valence-electron chi connectivity index (χ2n) is 5.77. The van der Waals surface area contributed by atoms with Crippen LogP contribution in [0.4, 0.5) is 0 Å². The molecule has 2 heterocycles. The number of aromatic nitrogens is 1. The lowest BCUT2D eigenvalue weighted by Crippen LogP contribution is -2.36. The van der Waals surface area contributed by atoms with E-state index in [0.717, 1.165) is 24.5 Å². The molecule has 3 heteroatoms. The molecule has 2 aromatic rings. The molecule has 1 N–H and O–H groups in total. The van der Waals surface area contributed by atoms with Crippen molar-refractivity contribution >= 4 is 10.9 Å². The fourth-order valence-corrected chi connectivity index (χ4v) is 3.17. The van der Waals surface area contributed by atoms with Crippen LogP contribution < -0.4 is 5.32 Å². The Labute approximate surface area is 121 Å². The summed E-state index contributed by atoms with van der Waals surface area (Å²) >= 11 is 0. The maximum Gasteiger partial charge on any atom is 0.0746 e. The van der Waals surface area contributed by atoms with Gasteiger partial charge in [0.1, 0.15) is 0 Å². The van der Waals surface area contributed by atoms with Crippen molar-refractivity contribution in [2.24, 2.45) is 5.92 Å². The summed E-state index contributed by atoms with van der Waals surface area (Å²) in [5, 5.41) is 4.54. The number of benzene rings is 1. The number of hydrogen-bond donors (Lipinski definition) is 1. The molecule has 1 saturated heterocycles. The van der Waals surface area contributed by atoms with Gasteiger partial charge in [0.05, 0.1) is 5.52 Å².